The number of unbranched alkanes of at least 4 members (excludes halogenated alkanes) is 7. The summed E-state index contributed by atoms with van der Waals surface area (Å²) < 4.78 is 11.2. The van der Waals surface area contributed by atoms with Gasteiger partial charge in [-0.15, -0.1) is 0 Å². The molecule has 34 heavy (non-hydrogen) atoms. The van der Waals surface area contributed by atoms with Gasteiger partial charge in [-0.3, -0.25) is 14.4 Å². The van der Waals surface area contributed by atoms with Gasteiger partial charge in [-0.1, -0.05) is 77.8 Å². The molecular weight excluding hydrogens is 432 g/mol. The molecule has 1 heterocycles. The maximum absolute atomic E-state index is 13.3. The molecule has 1 aromatic carbocycles. The molecule has 1 aliphatic rings. The number of amides is 2. The smallest absolute Gasteiger partial charge is 0.308 e. The average molecular weight is 475 g/mol. The van der Waals surface area contributed by atoms with Crippen LogP contribution < -0.4 is 10.1 Å². The lowest BCUT2D eigenvalue weighted by Gasteiger charge is -2.35. The zero-order valence-corrected chi connectivity index (χ0v) is 21.1. The second-order valence-electron chi connectivity index (χ2n) is 9.41. The summed E-state index contributed by atoms with van der Waals surface area (Å²) in [5.41, 5.74) is 0.398. The van der Waals surface area contributed by atoms with Crippen LogP contribution in [0.3, 0.4) is 0 Å². The predicted molar refractivity (Wildman–Crippen MR) is 133 cm³/mol. The summed E-state index contributed by atoms with van der Waals surface area (Å²) in [6.07, 6.45) is 9.16. The van der Waals surface area contributed by atoms with E-state index >= 15 is 0 Å². The lowest BCUT2D eigenvalue weighted by molar-refractivity contribution is -0.147. The SMILES string of the molecule is CCCCCCCCCCOC(=O)CC1C(=O)NCCN1C(=O)c1ccccc1OCC(C)C. The van der Waals surface area contributed by atoms with E-state index in [1.165, 1.54) is 37.0 Å². The molecule has 0 aromatic heterocycles. The molecule has 190 valence electrons. The highest BCUT2D eigenvalue weighted by Crippen LogP contribution is 2.23. The fraction of sp³-hybridized carbons (Fsp3) is 0.667. The fourth-order valence-corrected chi connectivity index (χ4v) is 3.98. The molecule has 1 atom stereocenters. The highest BCUT2D eigenvalue weighted by atomic mass is 16.5. The number of carbonyl (C=O) groups excluding carboxylic acids is 3. The minimum absolute atomic E-state index is 0.149. The minimum Gasteiger partial charge on any atom is -0.492 e. The lowest BCUT2D eigenvalue weighted by Crippen LogP contribution is -2.57. The van der Waals surface area contributed by atoms with Gasteiger partial charge in [0.2, 0.25) is 5.91 Å². The predicted octanol–water partition coefficient (Wildman–Crippen LogP) is 4.74. The number of benzene rings is 1. The van der Waals surface area contributed by atoms with Gasteiger partial charge in [0.05, 0.1) is 25.2 Å². The summed E-state index contributed by atoms with van der Waals surface area (Å²) in [5.74, 6) is -0.290. The molecule has 0 spiro atoms. The third-order valence-electron chi connectivity index (χ3n) is 5.90. The second kappa shape index (κ2) is 15.4. The fourth-order valence-electron chi connectivity index (χ4n) is 3.98. The quantitative estimate of drug-likeness (QED) is 0.293. The van der Waals surface area contributed by atoms with Gasteiger partial charge in [-0.25, -0.2) is 0 Å². The molecule has 1 fully saturated rings. The van der Waals surface area contributed by atoms with Crippen LogP contribution in [-0.2, 0) is 14.3 Å². The van der Waals surface area contributed by atoms with Crippen LogP contribution in [-0.4, -0.2) is 55.0 Å². The summed E-state index contributed by atoms with van der Waals surface area (Å²) in [6.45, 7) is 7.80. The third kappa shape index (κ3) is 9.35. The average Bonchev–Trinajstić information content (AvgIpc) is 2.82. The molecular formula is C27H42N2O5. The maximum atomic E-state index is 13.3. The molecule has 0 bridgehead atoms. The van der Waals surface area contributed by atoms with E-state index in [0.29, 0.717) is 43.5 Å². The first kappa shape index (κ1) is 27.7. The number of rotatable bonds is 15. The van der Waals surface area contributed by atoms with Crippen LogP contribution in [0.15, 0.2) is 24.3 Å². The van der Waals surface area contributed by atoms with E-state index in [2.05, 4.69) is 12.2 Å². The monoisotopic (exact) mass is 474 g/mol. The molecule has 1 aromatic rings. The Kier molecular flexibility index (Phi) is 12.5. The van der Waals surface area contributed by atoms with E-state index in [9.17, 15) is 14.4 Å². The summed E-state index contributed by atoms with van der Waals surface area (Å²) in [5, 5.41) is 2.76. The number of ether oxygens (including phenoxy) is 2. The van der Waals surface area contributed by atoms with Crippen molar-refractivity contribution in [2.24, 2.45) is 5.92 Å². The Labute approximate surface area is 204 Å². The van der Waals surface area contributed by atoms with Crippen LogP contribution in [0, 0.1) is 5.92 Å². The standard InChI is InChI=1S/C27H42N2O5/c1-4-5-6-7-8-9-10-13-18-33-25(30)19-23-26(31)28-16-17-29(23)27(32)22-14-11-12-15-24(22)34-20-21(2)3/h11-12,14-15,21,23H,4-10,13,16-20H2,1-3H3,(H,28,31). The maximum Gasteiger partial charge on any atom is 0.308 e. The van der Waals surface area contributed by atoms with E-state index in [1.54, 1.807) is 18.2 Å². The van der Waals surface area contributed by atoms with Gasteiger partial charge in [0.25, 0.3) is 5.91 Å². The van der Waals surface area contributed by atoms with E-state index in [1.807, 2.05) is 19.9 Å². The number of piperazine rings is 1. The normalized spacial score (nSPS) is 15.8. The molecule has 7 heteroatoms. The number of esters is 1. The number of carbonyl (C=O) groups is 3. The first-order valence-corrected chi connectivity index (χ1v) is 12.9. The van der Waals surface area contributed by atoms with E-state index < -0.39 is 12.0 Å². The van der Waals surface area contributed by atoms with E-state index in [4.69, 9.17) is 9.47 Å². The van der Waals surface area contributed by atoms with Crippen molar-refractivity contribution >= 4 is 17.8 Å². The summed E-state index contributed by atoms with van der Waals surface area (Å²) in [6, 6.07) is 6.15. The van der Waals surface area contributed by atoms with Gasteiger partial charge >= 0.3 is 5.97 Å². The molecule has 1 saturated heterocycles. The molecule has 7 nitrogen and oxygen atoms in total. The van der Waals surface area contributed by atoms with Crippen molar-refractivity contribution < 1.29 is 23.9 Å². The number of para-hydroxylation sites is 1. The first-order valence-electron chi connectivity index (χ1n) is 12.9. The molecule has 2 amide bonds. The number of nitrogens with one attached hydrogen (secondary N) is 1. The lowest BCUT2D eigenvalue weighted by atomic mass is 10.1. The van der Waals surface area contributed by atoms with Crippen molar-refractivity contribution in [1.82, 2.24) is 10.2 Å². The van der Waals surface area contributed by atoms with E-state index in [-0.39, 0.29) is 18.2 Å². The number of hydrogen-bond donors (Lipinski definition) is 1. The van der Waals surface area contributed by atoms with Crippen LogP contribution in [0.25, 0.3) is 0 Å². The summed E-state index contributed by atoms with van der Waals surface area (Å²) in [7, 11) is 0. The van der Waals surface area contributed by atoms with Gasteiger partial charge in [-0.05, 0) is 24.5 Å². The van der Waals surface area contributed by atoms with Crippen molar-refractivity contribution in [3.8, 4) is 5.75 Å². The van der Waals surface area contributed by atoms with Crippen LogP contribution in [0.1, 0.15) is 88.9 Å². The van der Waals surface area contributed by atoms with Crippen LogP contribution in [0.4, 0.5) is 0 Å². The van der Waals surface area contributed by atoms with Gasteiger partial charge in [0, 0.05) is 13.1 Å². The number of hydrogen-bond acceptors (Lipinski definition) is 5. The Morgan fingerprint density at radius 2 is 1.74 bits per heavy atom. The van der Waals surface area contributed by atoms with Crippen LogP contribution >= 0.6 is 0 Å². The Morgan fingerprint density at radius 3 is 2.44 bits per heavy atom. The summed E-state index contributed by atoms with van der Waals surface area (Å²) >= 11 is 0. The topological polar surface area (TPSA) is 84.9 Å². The Balaban J connectivity index is 1.87. The second-order valence-corrected chi connectivity index (χ2v) is 9.41. The van der Waals surface area contributed by atoms with Gasteiger partial charge in [0.15, 0.2) is 0 Å². The van der Waals surface area contributed by atoms with Gasteiger partial charge < -0.3 is 19.7 Å². The van der Waals surface area contributed by atoms with Gasteiger partial charge in [0.1, 0.15) is 11.8 Å². The van der Waals surface area contributed by atoms with Crippen molar-refractivity contribution in [1.29, 1.82) is 0 Å². The van der Waals surface area contributed by atoms with Crippen molar-refractivity contribution in [2.45, 2.75) is 84.6 Å². The molecule has 0 radical (unpaired) electrons. The highest BCUT2D eigenvalue weighted by molar-refractivity contribution is 6.01. The van der Waals surface area contributed by atoms with Crippen LogP contribution in [0.5, 0.6) is 5.75 Å². The van der Waals surface area contributed by atoms with Crippen molar-refractivity contribution in [3.63, 3.8) is 0 Å². The van der Waals surface area contributed by atoms with Gasteiger partial charge in [-0.2, -0.15) is 0 Å². The largest absolute Gasteiger partial charge is 0.492 e. The zero-order valence-electron chi connectivity index (χ0n) is 21.1. The molecule has 2 rings (SSSR count). The summed E-state index contributed by atoms with van der Waals surface area (Å²) in [4.78, 5) is 39.8. The Morgan fingerprint density at radius 1 is 1.06 bits per heavy atom. The zero-order chi connectivity index (χ0) is 24.8. The molecule has 0 saturated carbocycles. The first-order chi connectivity index (χ1) is 16.4. The molecule has 1 unspecified atom stereocenters. The van der Waals surface area contributed by atoms with Crippen molar-refractivity contribution in [3.05, 3.63) is 29.8 Å². The highest BCUT2D eigenvalue weighted by Gasteiger charge is 2.36. The molecule has 1 aliphatic heterocycles. The van der Waals surface area contributed by atoms with Crippen molar-refractivity contribution in [2.75, 3.05) is 26.3 Å². The molecule has 0 aliphatic carbocycles. The Hall–Kier alpha value is -2.57. The third-order valence-corrected chi connectivity index (χ3v) is 5.90. The van der Waals surface area contributed by atoms with E-state index in [0.717, 1.165) is 19.3 Å². The minimum atomic E-state index is -0.884. The molecule has 1 N–H and O–H groups in total. The number of nitrogens with zero attached hydrogens (tertiary/aromatic N) is 1. The Bertz CT molecular complexity index is 780. The van der Waals surface area contributed by atoms with Crippen LogP contribution in [0.2, 0.25) is 0 Å².